The monoisotopic (exact) mass is 760 g/mol. The molecule has 0 aliphatic carbocycles. The highest BCUT2D eigenvalue weighted by Crippen LogP contribution is 2.33. The van der Waals surface area contributed by atoms with Gasteiger partial charge in [0.1, 0.15) is 35.9 Å². The standard InChI is InChI=1S/C20H25N5O6S.C11H15N5O3S/c1-9-6-14(18(29)23-12(19(30)31)3-5-15(26)27)32-13(9)4-2-10-7-11-16(22-8-10)24-20(21)25-17(11)28;1-20-2-5-7(17)8(18)11(19-5)16-4-15-6-9(12)13-3-14-10(6)16/h6,10,12H,2-5,7-8H2,1H3,(H,23,29)(H,26,27)(H,30,31)(H4,21,22,24,25,28);3-5,7-8,11,17-18H,2H2,1H3,(H2,12,13,14)/t10-,12-;5-,7-,8-,11-/m01/s1. The summed E-state index contributed by atoms with van der Waals surface area (Å²) in [7, 11) is 0. The number of imidazole rings is 1. The van der Waals surface area contributed by atoms with E-state index in [1.165, 1.54) is 24.0 Å². The van der Waals surface area contributed by atoms with Crippen molar-refractivity contribution in [2.24, 2.45) is 5.92 Å². The molecule has 0 saturated carbocycles. The van der Waals surface area contributed by atoms with Crippen LogP contribution >= 0.6 is 23.1 Å². The molecule has 52 heavy (non-hydrogen) atoms. The van der Waals surface area contributed by atoms with Gasteiger partial charge in [-0.2, -0.15) is 16.7 Å². The number of fused-ring (bicyclic) bond motifs is 2. The molecule has 0 bridgehead atoms. The molecule has 1 fully saturated rings. The maximum Gasteiger partial charge on any atom is 0.326 e. The molecular weight excluding hydrogens is 721 g/mol. The predicted molar refractivity (Wildman–Crippen MR) is 192 cm³/mol. The van der Waals surface area contributed by atoms with Crippen LogP contribution in [-0.4, -0.2) is 111 Å². The topological polar surface area (TPSA) is 307 Å². The molecule has 11 N–H and O–H groups in total. The Morgan fingerprint density at radius 2 is 1.96 bits per heavy atom. The maximum atomic E-state index is 12.5. The van der Waals surface area contributed by atoms with Gasteiger partial charge < -0.3 is 47.3 Å². The smallest absolute Gasteiger partial charge is 0.326 e. The van der Waals surface area contributed by atoms with Crippen LogP contribution in [0.2, 0.25) is 0 Å². The van der Waals surface area contributed by atoms with Gasteiger partial charge in [0.15, 0.2) is 17.7 Å². The summed E-state index contributed by atoms with van der Waals surface area (Å²) in [5.41, 5.74) is 13.5. The number of amides is 1. The number of nitrogens with two attached hydrogens (primary N) is 2. The van der Waals surface area contributed by atoms with Crippen molar-refractivity contribution in [3.8, 4) is 0 Å². The largest absolute Gasteiger partial charge is 0.481 e. The second-order valence-corrected chi connectivity index (χ2v) is 14.4. The fourth-order valence-electron chi connectivity index (χ4n) is 5.94. The van der Waals surface area contributed by atoms with Crippen molar-refractivity contribution in [3.05, 3.63) is 50.0 Å². The first-order valence-corrected chi connectivity index (χ1v) is 18.4. The maximum absolute atomic E-state index is 12.5. The molecule has 0 radical (unpaired) electrons. The highest BCUT2D eigenvalue weighted by atomic mass is 32.2. The molecule has 0 spiro atoms. The molecule has 6 rings (SSSR count). The summed E-state index contributed by atoms with van der Waals surface area (Å²) < 4.78 is 7.29. The molecule has 4 aromatic heterocycles. The van der Waals surface area contributed by atoms with Gasteiger partial charge in [-0.25, -0.2) is 19.7 Å². The van der Waals surface area contributed by atoms with E-state index in [0.29, 0.717) is 52.6 Å². The Hall–Kier alpha value is -4.83. The Kier molecular flexibility index (Phi) is 12.3. The molecule has 6 atom stereocenters. The van der Waals surface area contributed by atoms with Gasteiger partial charge in [0, 0.05) is 23.6 Å². The average molecular weight is 761 g/mol. The van der Waals surface area contributed by atoms with E-state index in [9.17, 15) is 34.5 Å². The zero-order valence-corrected chi connectivity index (χ0v) is 29.8. The lowest BCUT2D eigenvalue weighted by molar-refractivity contribution is -0.140. The highest BCUT2D eigenvalue weighted by Gasteiger charge is 2.44. The molecular formula is C31H40N10O9S2. The molecule has 0 unspecified atom stereocenters. The first-order valence-electron chi connectivity index (χ1n) is 16.2. The Bertz CT molecular complexity index is 1990. The number of rotatable bonds is 12. The second-order valence-electron chi connectivity index (χ2n) is 12.4. The number of H-pyrrole nitrogens is 1. The number of hydrogen-bond donors (Lipinski definition) is 9. The van der Waals surface area contributed by atoms with Crippen molar-refractivity contribution in [2.75, 3.05) is 35.3 Å². The minimum atomic E-state index is -1.27. The van der Waals surface area contributed by atoms with Gasteiger partial charge in [0.2, 0.25) is 5.95 Å². The van der Waals surface area contributed by atoms with Gasteiger partial charge in [-0.05, 0) is 56.4 Å². The number of thioether (sulfide) groups is 1. The Morgan fingerprint density at radius 3 is 2.67 bits per heavy atom. The number of carbonyl (C=O) groups is 3. The van der Waals surface area contributed by atoms with Crippen LogP contribution in [0.5, 0.6) is 0 Å². The van der Waals surface area contributed by atoms with Crippen molar-refractivity contribution in [3.63, 3.8) is 0 Å². The third kappa shape index (κ3) is 8.78. The van der Waals surface area contributed by atoms with Crippen LogP contribution in [0.4, 0.5) is 17.6 Å². The zero-order valence-electron chi connectivity index (χ0n) is 28.2. The lowest BCUT2D eigenvalue weighted by Crippen LogP contribution is -2.40. The number of thiophene rings is 1. The number of nitrogen functional groups attached to an aromatic ring is 2. The van der Waals surface area contributed by atoms with Crippen LogP contribution in [0.15, 0.2) is 23.5 Å². The second kappa shape index (κ2) is 16.7. The molecule has 6 heterocycles. The lowest BCUT2D eigenvalue weighted by Gasteiger charge is -2.24. The number of aliphatic hydroxyl groups excluding tert-OH is 2. The zero-order chi connectivity index (χ0) is 37.7. The summed E-state index contributed by atoms with van der Waals surface area (Å²) in [6.07, 6.45) is 3.10. The Balaban J connectivity index is 0.000000223. The Labute approximate surface area is 304 Å². The number of aromatic nitrogens is 6. The molecule has 280 valence electrons. The van der Waals surface area contributed by atoms with E-state index >= 15 is 0 Å². The van der Waals surface area contributed by atoms with E-state index in [0.717, 1.165) is 16.9 Å². The van der Waals surface area contributed by atoms with E-state index in [-0.39, 0.29) is 36.1 Å². The number of ether oxygens (including phenoxy) is 1. The summed E-state index contributed by atoms with van der Waals surface area (Å²) in [4.78, 5) is 66.7. The van der Waals surface area contributed by atoms with Gasteiger partial charge in [-0.3, -0.25) is 23.9 Å². The summed E-state index contributed by atoms with van der Waals surface area (Å²) in [6, 6.07) is 0.440. The van der Waals surface area contributed by atoms with Crippen LogP contribution in [-0.2, 0) is 27.2 Å². The number of anilines is 3. The van der Waals surface area contributed by atoms with E-state index in [1.54, 1.807) is 22.4 Å². The lowest BCUT2D eigenvalue weighted by atomic mass is 9.92. The number of aryl methyl sites for hydroxylation is 2. The van der Waals surface area contributed by atoms with E-state index in [4.69, 9.17) is 21.3 Å². The first kappa shape index (κ1) is 38.4. The van der Waals surface area contributed by atoms with Crippen molar-refractivity contribution < 1.29 is 39.5 Å². The molecule has 1 amide bonds. The van der Waals surface area contributed by atoms with Gasteiger partial charge >= 0.3 is 11.9 Å². The van der Waals surface area contributed by atoms with Crippen LogP contribution in [0, 0.1) is 12.8 Å². The van der Waals surface area contributed by atoms with Gasteiger partial charge in [-0.1, -0.05) is 0 Å². The molecule has 2 aliphatic rings. The molecule has 0 aromatic carbocycles. The molecule has 2 aliphatic heterocycles. The fourth-order valence-corrected chi connectivity index (χ4v) is 7.64. The van der Waals surface area contributed by atoms with Crippen LogP contribution < -0.4 is 27.7 Å². The van der Waals surface area contributed by atoms with Gasteiger partial charge in [-0.15, -0.1) is 11.3 Å². The number of nitrogens with zero attached hydrogens (tertiary/aromatic N) is 5. The number of nitrogens with one attached hydrogen (secondary N) is 3. The van der Waals surface area contributed by atoms with Crippen molar-refractivity contribution >= 4 is 69.7 Å². The van der Waals surface area contributed by atoms with Crippen LogP contribution in [0.25, 0.3) is 11.2 Å². The summed E-state index contributed by atoms with van der Waals surface area (Å²) in [6.45, 7) is 2.54. The summed E-state index contributed by atoms with van der Waals surface area (Å²) >= 11 is 2.83. The third-order valence-corrected chi connectivity index (χ3v) is 10.6. The van der Waals surface area contributed by atoms with Crippen LogP contribution in [0.3, 0.4) is 0 Å². The summed E-state index contributed by atoms with van der Waals surface area (Å²) in [5, 5.41) is 43.7. The van der Waals surface area contributed by atoms with E-state index in [1.807, 2.05) is 13.2 Å². The summed E-state index contributed by atoms with van der Waals surface area (Å²) in [5.74, 6) is -1.27. The van der Waals surface area contributed by atoms with Crippen LogP contribution in [0.1, 0.15) is 51.2 Å². The highest BCUT2D eigenvalue weighted by molar-refractivity contribution is 7.98. The number of carboxylic acids is 2. The van der Waals surface area contributed by atoms with Gasteiger partial charge in [0.25, 0.3) is 11.5 Å². The van der Waals surface area contributed by atoms with Crippen molar-refractivity contribution in [1.29, 1.82) is 0 Å². The number of aromatic amines is 1. The fraction of sp³-hybridized carbons (Fsp3) is 0.484. The predicted octanol–water partition coefficient (Wildman–Crippen LogP) is 0.378. The molecule has 1 saturated heterocycles. The molecule has 4 aromatic rings. The SMILES string of the molecule is CSC[C@H]1O[C@@H](n2cnc3c(N)ncnc32)[C@H](O)[C@@H]1O.Cc1cc(C(=O)N[C@@H](CCC(=O)O)C(=O)O)sc1CC[C@@H]1CNc2nc(N)[nH]c(=O)c2C1. The van der Waals surface area contributed by atoms with Gasteiger partial charge in [0.05, 0.1) is 22.9 Å². The average Bonchev–Trinajstić information content (AvgIpc) is 3.78. The number of carbonyl (C=O) groups excluding carboxylic acids is 1. The number of aliphatic carboxylic acids is 2. The Morgan fingerprint density at radius 1 is 1.19 bits per heavy atom. The minimum absolute atomic E-state index is 0.0767. The van der Waals surface area contributed by atoms with Crippen molar-refractivity contribution in [1.82, 2.24) is 34.8 Å². The van der Waals surface area contributed by atoms with E-state index in [2.05, 4.69) is 35.6 Å². The van der Waals surface area contributed by atoms with E-state index < -0.39 is 48.4 Å². The minimum Gasteiger partial charge on any atom is -0.481 e. The number of aliphatic hydroxyl groups is 2. The first-order chi connectivity index (χ1) is 24.8. The normalized spacial score (nSPS) is 21.4. The quantitative estimate of drug-likeness (QED) is 0.0942. The number of hydrogen-bond acceptors (Lipinski definition) is 16. The van der Waals surface area contributed by atoms with Crippen molar-refractivity contribution in [2.45, 2.75) is 69.6 Å². The third-order valence-electron chi connectivity index (χ3n) is 8.69. The molecule has 19 nitrogen and oxygen atoms in total. The number of carboxylic acid groups (broad SMARTS) is 2. The molecule has 21 heteroatoms.